The predicted octanol–water partition coefficient (Wildman–Crippen LogP) is 3.98. The van der Waals surface area contributed by atoms with Gasteiger partial charge < -0.3 is 4.90 Å². The Morgan fingerprint density at radius 1 is 1.00 bits per heavy atom. The number of benzene rings is 2. The maximum Gasteiger partial charge on any atom is 0.272 e. The van der Waals surface area contributed by atoms with Crippen LogP contribution in [-0.4, -0.2) is 29.2 Å². The van der Waals surface area contributed by atoms with Crippen LogP contribution in [0.5, 0.6) is 0 Å². The Labute approximate surface area is 145 Å². The smallest absolute Gasteiger partial charge is 0.272 e. The molecule has 1 aliphatic heterocycles. The summed E-state index contributed by atoms with van der Waals surface area (Å²) in [4.78, 5) is 17.2. The van der Waals surface area contributed by atoms with Gasteiger partial charge in [0.1, 0.15) is 4.91 Å². The van der Waals surface area contributed by atoms with Crippen molar-refractivity contribution in [2.75, 3.05) is 19.0 Å². The summed E-state index contributed by atoms with van der Waals surface area (Å²) < 4.78 is 0.562. The van der Waals surface area contributed by atoms with E-state index in [1.807, 2.05) is 79.7 Å². The van der Waals surface area contributed by atoms with Crippen molar-refractivity contribution in [1.29, 1.82) is 0 Å². The summed E-state index contributed by atoms with van der Waals surface area (Å²) in [6.07, 6.45) is 0. The molecule has 2 aromatic carbocycles. The van der Waals surface area contributed by atoms with Gasteiger partial charge in [0.15, 0.2) is 4.32 Å². The zero-order valence-corrected chi connectivity index (χ0v) is 14.5. The summed E-state index contributed by atoms with van der Waals surface area (Å²) in [5, 5.41) is 0. The second-order valence-corrected chi connectivity index (χ2v) is 6.93. The Bertz CT molecular complexity index is 770. The molecule has 3 nitrogen and oxygen atoms in total. The maximum atomic E-state index is 13.0. The quantitative estimate of drug-likeness (QED) is 0.623. The summed E-state index contributed by atoms with van der Waals surface area (Å²) in [7, 11) is 3.88. The van der Waals surface area contributed by atoms with Gasteiger partial charge in [-0.2, -0.15) is 0 Å². The van der Waals surface area contributed by atoms with E-state index >= 15 is 0 Å². The molecule has 0 spiro atoms. The largest absolute Gasteiger partial charge is 0.376 e. The molecule has 0 unspecified atom stereocenters. The van der Waals surface area contributed by atoms with Crippen LogP contribution in [0.4, 0.5) is 5.69 Å². The molecule has 23 heavy (non-hydrogen) atoms. The molecule has 3 rings (SSSR count). The summed E-state index contributed by atoms with van der Waals surface area (Å²) in [5.74, 6) is -0.0706. The van der Waals surface area contributed by atoms with Gasteiger partial charge in [-0.25, -0.2) is 0 Å². The molecule has 5 heteroatoms. The van der Waals surface area contributed by atoms with Crippen molar-refractivity contribution < 1.29 is 4.79 Å². The Morgan fingerprint density at radius 3 is 2.13 bits per heavy atom. The number of nitrogens with zero attached hydrogens (tertiary/aromatic N) is 2. The number of anilines is 1. The summed E-state index contributed by atoms with van der Waals surface area (Å²) >= 11 is 6.80. The van der Waals surface area contributed by atoms with Crippen LogP contribution in [0.3, 0.4) is 0 Å². The molecule has 1 fully saturated rings. The number of rotatable bonds is 3. The molecule has 0 radical (unpaired) electrons. The first kappa shape index (κ1) is 15.8. The van der Waals surface area contributed by atoms with Crippen LogP contribution in [0.1, 0.15) is 5.56 Å². The minimum absolute atomic E-state index is 0.0706. The zero-order chi connectivity index (χ0) is 16.4. The normalized spacial score (nSPS) is 16.7. The molecular formula is C18H16N2OS2. The molecule has 1 heterocycles. The fourth-order valence-electron chi connectivity index (χ4n) is 2.50. The van der Waals surface area contributed by atoms with E-state index in [2.05, 4.69) is 0 Å². The highest BCUT2D eigenvalue weighted by Gasteiger charge is 2.36. The van der Waals surface area contributed by atoms with Crippen LogP contribution >= 0.6 is 24.0 Å². The molecule has 116 valence electrons. The van der Waals surface area contributed by atoms with Gasteiger partial charge >= 0.3 is 0 Å². The first-order valence-electron chi connectivity index (χ1n) is 7.18. The minimum atomic E-state index is -0.0706. The van der Waals surface area contributed by atoms with E-state index in [0.717, 1.165) is 16.9 Å². The molecule has 0 bridgehead atoms. The number of para-hydroxylation sites is 1. The summed E-state index contributed by atoms with van der Waals surface area (Å²) in [5.41, 5.74) is 2.70. The van der Waals surface area contributed by atoms with E-state index in [4.69, 9.17) is 12.2 Å². The third kappa shape index (κ3) is 3.02. The van der Waals surface area contributed by atoms with Crippen LogP contribution in [0.25, 0.3) is 5.70 Å². The molecule has 0 atom stereocenters. The number of hydrogen-bond acceptors (Lipinski definition) is 4. The van der Waals surface area contributed by atoms with Crippen LogP contribution in [0.15, 0.2) is 65.6 Å². The van der Waals surface area contributed by atoms with Crippen molar-refractivity contribution in [2.24, 2.45) is 0 Å². The van der Waals surface area contributed by atoms with Crippen LogP contribution in [-0.2, 0) is 4.79 Å². The number of hydrogen-bond donors (Lipinski definition) is 0. The predicted molar refractivity (Wildman–Crippen MR) is 101 cm³/mol. The first-order valence-corrected chi connectivity index (χ1v) is 8.40. The van der Waals surface area contributed by atoms with Crippen molar-refractivity contribution in [3.05, 3.63) is 71.1 Å². The van der Waals surface area contributed by atoms with Gasteiger partial charge in [0.25, 0.3) is 5.91 Å². The second-order valence-electron chi connectivity index (χ2n) is 5.28. The van der Waals surface area contributed by atoms with Crippen LogP contribution < -0.4 is 4.90 Å². The van der Waals surface area contributed by atoms with Crippen molar-refractivity contribution in [1.82, 2.24) is 4.90 Å². The van der Waals surface area contributed by atoms with E-state index < -0.39 is 0 Å². The number of thioether (sulfide) groups is 1. The molecule has 0 aromatic heterocycles. The molecule has 1 aliphatic rings. The fraction of sp³-hybridized carbons (Fsp3) is 0.111. The first-order chi connectivity index (χ1) is 11.1. The standard InChI is InChI=1S/C18H16N2OS2/c1-19(2)15(13-9-5-3-6-10-13)16-17(21)20(18(22)23-16)14-11-7-4-8-12-14/h3-12H,1-2H3. The van der Waals surface area contributed by atoms with Gasteiger partial charge in [0, 0.05) is 14.1 Å². The number of thiocarbonyl (C=S) groups is 1. The van der Waals surface area contributed by atoms with E-state index in [9.17, 15) is 4.79 Å². The lowest BCUT2D eigenvalue weighted by Gasteiger charge is -2.19. The minimum Gasteiger partial charge on any atom is -0.376 e. The number of carbonyl (C=O) groups excluding carboxylic acids is 1. The summed E-state index contributed by atoms with van der Waals surface area (Å²) in [6.45, 7) is 0. The SMILES string of the molecule is CN(C)C(=C1SC(=S)N(c2ccccc2)C1=O)c1ccccc1. The van der Waals surface area contributed by atoms with Crippen LogP contribution in [0.2, 0.25) is 0 Å². The highest BCUT2D eigenvalue weighted by atomic mass is 32.2. The Kier molecular flexibility index (Phi) is 4.50. The monoisotopic (exact) mass is 340 g/mol. The average molecular weight is 340 g/mol. The molecule has 0 saturated carbocycles. The molecular weight excluding hydrogens is 324 g/mol. The lowest BCUT2D eigenvalue weighted by atomic mass is 10.1. The van der Waals surface area contributed by atoms with Gasteiger partial charge in [-0.15, -0.1) is 0 Å². The van der Waals surface area contributed by atoms with Crippen molar-refractivity contribution in [3.63, 3.8) is 0 Å². The average Bonchev–Trinajstić information content (AvgIpc) is 2.84. The van der Waals surface area contributed by atoms with Gasteiger partial charge in [0.2, 0.25) is 0 Å². The molecule has 0 aliphatic carbocycles. The lowest BCUT2D eigenvalue weighted by molar-refractivity contribution is -0.113. The van der Waals surface area contributed by atoms with Gasteiger partial charge in [-0.05, 0) is 17.7 Å². The maximum absolute atomic E-state index is 13.0. The zero-order valence-electron chi connectivity index (χ0n) is 12.9. The molecule has 2 aromatic rings. The number of amides is 1. The molecule has 1 saturated heterocycles. The highest BCUT2D eigenvalue weighted by Crippen LogP contribution is 2.39. The van der Waals surface area contributed by atoms with Gasteiger partial charge in [-0.1, -0.05) is 72.5 Å². The molecule has 0 N–H and O–H groups in total. The third-order valence-electron chi connectivity index (χ3n) is 3.49. The van der Waals surface area contributed by atoms with Gasteiger partial charge in [-0.3, -0.25) is 9.69 Å². The topological polar surface area (TPSA) is 23.6 Å². The highest BCUT2D eigenvalue weighted by molar-refractivity contribution is 8.27. The molecule has 1 amide bonds. The van der Waals surface area contributed by atoms with E-state index in [-0.39, 0.29) is 5.91 Å². The van der Waals surface area contributed by atoms with E-state index in [1.54, 1.807) is 4.90 Å². The Morgan fingerprint density at radius 2 is 1.57 bits per heavy atom. The van der Waals surface area contributed by atoms with Gasteiger partial charge in [0.05, 0.1) is 11.4 Å². The fourth-order valence-corrected chi connectivity index (χ4v) is 3.97. The van der Waals surface area contributed by atoms with E-state index in [0.29, 0.717) is 9.23 Å². The lowest BCUT2D eigenvalue weighted by Crippen LogP contribution is -2.28. The van der Waals surface area contributed by atoms with Crippen LogP contribution in [0, 0.1) is 0 Å². The second kappa shape index (κ2) is 6.56. The van der Waals surface area contributed by atoms with Crippen molar-refractivity contribution in [3.8, 4) is 0 Å². The van der Waals surface area contributed by atoms with Crippen molar-refractivity contribution in [2.45, 2.75) is 0 Å². The Hall–Kier alpha value is -2.11. The third-order valence-corrected chi connectivity index (χ3v) is 4.86. The summed E-state index contributed by atoms with van der Waals surface area (Å²) in [6, 6.07) is 19.4. The van der Waals surface area contributed by atoms with E-state index in [1.165, 1.54) is 11.8 Å². The number of carbonyl (C=O) groups is 1. The Balaban J connectivity index is 2.09. The van der Waals surface area contributed by atoms with Crippen molar-refractivity contribution >= 4 is 45.6 Å².